The van der Waals surface area contributed by atoms with E-state index in [2.05, 4.69) is 0 Å². The van der Waals surface area contributed by atoms with Crippen molar-refractivity contribution in [3.63, 3.8) is 0 Å². The van der Waals surface area contributed by atoms with Crippen LogP contribution in [0.15, 0.2) is 36.4 Å². The highest BCUT2D eigenvalue weighted by molar-refractivity contribution is 5.95. The van der Waals surface area contributed by atoms with E-state index in [0.717, 1.165) is 24.1 Å². The van der Waals surface area contributed by atoms with E-state index in [1.54, 1.807) is 7.05 Å². The maximum absolute atomic E-state index is 14.1. The first-order valence-electron chi connectivity index (χ1n) is 6.60. The van der Waals surface area contributed by atoms with Crippen LogP contribution in [0.3, 0.4) is 0 Å². The molecule has 3 N–H and O–H groups in total. The van der Waals surface area contributed by atoms with E-state index in [1.165, 1.54) is 4.90 Å². The molecule has 0 unspecified atom stereocenters. The zero-order valence-corrected chi connectivity index (χ0v) is 12.0. The maximum atomic E-state index is 14.1. The Labute approximate surface area is 122 Å². The molecule has 0 atom stereocenters. The largest absolute Gasteiger partial charge is 0.384 e. The van der Waals surface area contributed by atoms with Crippen molar-refractivity contribution >= 4 is 17.2 Å². The summed E-state index contributed by atoms with van der Waals surface area (Å²) in [5.41, 5.74) is 6.96. The van der Waals surface area contributed by atoms with Gasteiger partial charge in [0, 0.05) is 18.3 Å². The fourth-order valence-electron chi connectivity index (χ4n) is 2.13. The Morgan fingerprint density at radius 2 is 1.67 bits per heavy atom. The first-order valence-corrected chi connectivity index (χ1v) is 6.60. The van der Waals surface area contributed by atoms with Gasteiger partial charge in [0.05, 0.1) is 0 Å². The molecule has 0 radical (unpaired) electrons. The molecule has 3 nitrogen and oxygen atoms in total. The van der Waals surface area contributed by atoms with Crippen molar-refractivity contribution in [3.8, 4) is 0 Å². The molecule has 2 aromatic carbocycles. The van der Waals surface area contributed by atoms with Crippen molar-refractivity contribution < 1.29 is 8.78 Å². The molecule has 0 aliphatic carbocycles. The highest BCUT2D eigenvalue weighted by Gasteiger charge is 2.17. The summed E-state index contributed by atoms with van der Waals surface area (Å²) in [5, 5.41) is 7.25. The van der Waals surface area contributed by atoms with Gasteiger partial charge in [-0.15, -0.1) is 0 Å². The van der Waals surface area contributed by atoms with Crippen LogP contribution in [0.2, 0.25) is 0 Å². The van der Waals surface area contributed by atoms with Gasteiger partial charge in [-0.2, -0.15) is 0 Å². The number of rotatable bonds is 4. The number of nitrogens with one attached hydrogen (secondary N) is 1. The summed E-state index contributed by atoms with van der Waals surface area (Å²) in [7, 11) is 1.59. The Morgan fingerprint density at radius 3 is 2.10 bits per heavy atom. The molecule has 0 aliphatic heterocycles. The van der Waals surface area contributed by atoms with Crippen LogP contribution < -0.4 is 10.6 Å². The lowest BCUT2D eigenvalue weighted by molar-refractivity contribution is 0.583. The molecule has 21 heavy (non-hydrogen) atoms. The number of aryl methyl sites for hydroxylation is 1. The van der Waals surface area contributed by atoms with Gasteiger partial charge in [0.1, 0.15) is 11.5 Å². The van der Waals surface area contributed by atoms with Crippen LogP contribution in [0.4, 0.5) is 20.2 Å². The molecular weight excluding hydrogens is 272 g/mol. The van der Waals surface area contributed by atoms with Gasteiger partial charge in [-0.1, -0.05) is 19.1 Å². The van der Waals surface area contributed by atoms with Gasteiger partial charge in [-0.05, 0) is 36.2 Å². The molecule has 0 saturated carbocycles. The molecule has 0 amide bonds. The number of nitrogen functional groups attached to an aromatic ring is 1. The molecule has 2 rings (SSSR count). The van der Waals surface area contributed by atoms with Gasteiger partial charge in [-0.3, -0.25) is 5.41 Å². The van der Waals surface area contributed by atoms with Gasteiger partial charge in [0.15, 0.2) is 11.6 Å². The lowest BCUT2D eigenvalue weighted by atomic mass is 10.1. The van der Waals surface area contributed by atoms with Crippen LogP contribution in [-0.2, 0) is 6.42 Å². The maximum Gasteiger partial charge on any atom is 0.150 e. The zero-order chi connectivity index (χ0) is 15.6. The number of nitrogens with zero attached hydrogens (tertiary/aromatic N) is 1. The van der Waals surface area contributed by atoms with Gasteiger partial charge in [0.25, 0.3) is 0 Å². The first-order chi connectivity index (χ1) is 9.93. The third kappa shape index (κ3) is 3.02. The molecule has 110 valence electrons. The second-order valence-corrected chi connectivity index (χ2v) is 4.78. The second kappa shape index (κ2) is 5.91. The first kappa shape index (κ1) is 15.0. The standard InChI is InChI=1S/C16H17F2N3/c1-3-10-4-6-12(7-5-10)21(2)15-13(17)8-11(16(19)20)9-14(15)18/h4-9H,3H2,1-2H3,(H3,19,20). The number of hydrogen-bond donors (Lipinski definition) is 2. The van der Waals surface area contributed by atoms with E-state index in [0.29, 0.717) is 5.69 Å². The van der Waals surface area contributed by atoms with Crippen LogP contribution in [0, 0.1) is 17.0 Å². The molecule has 5 heteroatoms. The highest BCUT2D eigenvalue weighted by atomic mass is 19.1. The van der Waals surface area contributed by atoms with Crippen molar-refractivity contribution in [2.75, 3.05) is 11.9 Å². The lowest BCUT2D eigenvalue weighted by Gasteiger charge is -2.21. The van der Waals surface area contributed by atoms with Crippen LogP contribution in [-0.4, -0.2) is 12.9 Å². The Kier molecular flexibility index (Phi) is 4.21. The highest BCUT2D eigenvalue weighted by Crippen LogP contribution is 2.30. The van der Waals surface area contributed by atoms with Crippen molar-refractivity contribution in [2.45, 2.75) is 13.3 Å². The summed E-state index contributed by atoms with van der Waals surface area (Å²) in [5.74, 6) is -1.86. The molecule has 0 fully saturated rings. The normalized spacial score (nSPS) is 10.5. The van der Waals surface area contributed by atoms with E-state index in [4.69, 9.17) is 11.1 Å². The molecule has 0 spiro atoms. The van der Waals surface area contributed by atoms with Crippen LogP contribution in [0.5, 0.6) is 0 Å². The molecule has 2 aromatic rings. The van der Waals surface area contributed by atoms with E-state index in [-0.39, 0.29) is 17.1 Å². The average molecular weight is 289 g/mol. The zero-order valence-electron chi connectivity index (χ0n) is 12.0. The quantitative estimate of drug-likeness (QED) is 0.667. The van der Waals surface area contributed by atoms with Crippen molar-refractivity contribution in [1.29, 1.82) is 5.41 Å². The molecule has 0 aliphatic rings. The molecular formula is C16H17F2N3. The van der Waals surface area contributed by atoms with Crippen molar-refractivity contribution in [3.05, 3.63) is 59.2 Å². The topological polar surface area (TPSA) is 53.1 Å². The van der Waals surface area contributed by atoms with Gasteiger partial charge in [0.2, 0.25) is 0 Å². The number of nitrogens with two attached hydrogens (primary N) is 1. The smallest absolute Gasteiger partial charge is 0.150 e. The fraction of sp³-hybridized carbons (Fsp3) is 0.188. The van der Waals surface area contributed by atoms with Gasteiger partial charge >= 0.3 is 0 Å². The summed E-state index contributed by atoms with van der Waals surface area (Å²) >= 11 is 0. The summed E-state index contributed by atoms with van der Waals surface area (Å²) < 4.78 is 28.2. The monoisotopic (exact) mass is 289 g/mol. The number of benzene rings is 2. The minimum Gasteiger partial charge on any atom is -0.384 e. The third-order valence-electron chi connectivity index (χ3n) is 3.40. The van der Waals surface area contributed by atoms with Crippen LogP contribution in [0.25, 0.3) is 0 Å². The molecule has 0 saturated heterocycles. The predicted octanol–water partition coefficient (Wildman–Crippen LogP) is 3.58. The van der Waals surface area contributed by atoms with Crippen molar-refractivity contribution in [2.24, 2.45) is 5.73 Å². The van der Waals surface area contributed by atoms with E-state index in [1.807, 2.05) is 31.2 Å². The molecule has 0 bridgehead atoms. The van der Waals surface area contributed by atoms with E-state index >= 15 is 0 Å². The fourth-order valence-corrected chi connectivity index (χ4v) is 2.13. The summed E-state index contributed by atoms with van der Waals surface area (Å²) in [4.78, 5) is 1.44. The third-order valence-corrected chi connectivity index (χ3v) is 3.40. The average Bonchev–Trinajstić information content (AvgIpc) is 2.46. The lowest BCUT2D eigenvalue weighted by Crippen LogP contribution is -2.16. The minimum absolute atomic E-state index is 0.0310. The van der Waals surface area contributed by atoms with E-state index in [9.17, 15) is 8.78 Å². The number of amidine groups is 1. The van der Waals surface area contributed by atoms with Gasteiger partial charge in [-0.25, -0.2) is 8.78 Å². The van der Waals surface area contributed by atoms with Crippen LogP contribution >= 0.6 is 0 Å². The number of hydrogen-bond acceptors (Lipinski definition) is 2. The molecule has 0 heterocycles. The molecule has 0 aromatic heterocycles. The second-order valence-electron chi connectivity index (χ2n) is 4.78. The van der Waals surface area contributed by atoms with Gasteiger partial charge < -0.3 is 10.6 Å². The summed E-state index contributed by atoms with van der Waals surface area (Å²) in [6.45, 7) is 2.04. The van der Waals surface area contributed by atoms with E-state index < -0.39 is 11.6 Å². The Balaban J connectivity index is 2.42. The summed E-state index contributed by atoms with van der Waals surface area (Å²) in [6.07, 6.45) is 0.903. The predicted molar refractivity (Wildman–Crippen MR) is 81.3 cm³/mol. The minimum atomic E-state index is -0.748. The number of anilines is 2. The Morgan fingerprint density at radius 1 is 1.14 bits per heavy atom. The van der Waals surface area contributed by atoms with Crippen molar-refractivity contribution in [1.82, 2.24) is 0 Å². The Hall–Kier alpha value is -2.43. The SMILES string of the molecule is CCc1ccc(N(C)c2c(F)cc(C(=N)N)cc2F)cc1. The summed E-state index contributed by atoms with van der Waals surface area (Å²) in [6, 6.07) is 9.61. The number of halogens is 2. The van der Waals surface area contributed by atoms with Crippen LogP contribution in [0.1, 0.15) is 18.1 Å². The Bertz CT molecular complexity index is 643.